The van der Waals surface area contributed by atoms with Gasteiger partial charge in [0.1, 0.15) is 5.60 Å². The SMILES string of the molecule is CC(=O)N(c1ccc(S(C)=O)cc1)C1(C)CCN(C(=O)OC(C)(C)C)CC1. The van der Waals surface area contributed by atoms with Crippen molar-refractivity contribution in [2.45, 2.75) is 63.5 Å². The summed E-state index contributed by atoms with van der Waals surface area (Å²) in [5.74, 6) is -0.0476. The largest absolute Gasteiger partial charge is 0.444 e. The number of likely N-dealkylation sites (tertiary alicyclic amines) is 1. The van der Waals surface area contributed by atoms with E-state index in [9.17, 15) is 13.8 Å². The van der Waals surface area contributed by atoms with Crippen LogP contribution in [-0.4, -0.2) is 51.6 Å². The number of ether oxygens (including phenoxy) is 1. The lowest BCUT2D eigenvalue weighted by Crippen LogP contribution is -2.56. The molecule has 1 aromatic carbocycles. The summed E-state index contributed by atoms with van der Waals surface area (Å²) in [4.78, 5) is 29.0. The van der Waals surface area contributed by atoms with Crippen LogP contribution >= 0.6 is 0 Å². The van der Waals surface area contributed by atoms with Crippen LogP contribution in [0.3, 0.4) is 0 Å². The number of nitrogens with zero attached hydrogens (tertiary/aromatic N) is 2. The van der Waals surface area contributed by atoms with E-state index in [1.54, 1.807) is 35.1 Å². The number of hydrogen-bond acceptors (Lipinski definition) is 4. The third kappa shape index (κ3) is 5.31. The average Bonchev–Trinajstić information content (AvgIpc) is 2.53. The molecule has 1 aromatic rings. The molecule has 1 heterocycles. The summed E-state index contributed by atoms with van der Waals surface area (Å²) in [6.07, 6.45) is 2.64. The Balaban J connectivity index is 2.15. The normalized spacial score (nSPS) is 17.9. The van der Waals surface area contributed by atoms with Gasteiger partial charge in [-0.05, 0) is 64.8 Å². The van der Waals surface area contributed by atoms with Gasteiger partial charge >= 0.3 is 6.09 Å². The number of anilines is 1. The van der Waals surface area contributed by atoms with Crippen molar-refractivity contribution in [2.24, 2.45) is 0 Å². The fourth-order valence-corrected chi connectivity index (χ4v) is 3.90. The fraction of sp³-hybridized carbons (Fsp3) is 0.600. The minimum Gasteiger partial charge on any atom is -0.444 e. The second-order valence-electron chi connectivity index (χ2n) is 8.27. The summed E-state index contributed by atoms with van der Waals surface area (Å²) in [6.45, 7) is 10.2. The van der Waals surface area contributed by atoms with Crippen molar-refractivity contribution in [1.29, 1.82) is 0 Å². The van der Waals surface area contributed by atoms with Crippen LogP contribution in [0, 0.1) is 0 Å². The maximum atomic E-state index is 12.4. The van der Waals surface area contributed by atoms with Crippen molar-refractivity contribution in [3.05, 3.63) is 24.3 Å². The molecule has 1 saturated heterocycles. The molecule has 7 heteroatoms. The molecule has 2 amide bonds. The molecule has 1 aliphatic heterocycles. The molecule has 0 aliphatic carbocycles. The highest BCUT2D eigenvalue weighted by Crippen LogP contribution is 2.34. The minimum atomic E-state index is -1.06. The molecule has 0 aromatic heterocycles. The van der Waals surface area contributed by atoms with Crippen LogP contribution in [0.5, 0.6) is 0 Å². The highest BCUT2D eigenvalue weighted by molar-refractivity contribution is 7.84. The third-order valence-electron chi connectivity index (χ3n) is 4.77. The van der Waals surface area contributed by atoms with Gasteiger partial charge in [-0.25, -0.2) is 4.79 Å². The lowest BCUT2D eigenvalue weighted by Gasteiger charge is -2.46. The van der Waals surface area contributed by atoms with Crippen LogP contribution < -0.4 is 4.90 Å². The van der Waals surface area contributed by atoms with Gasteiger partial charge in [0.15, 0.2) is 0 Å². The van der Waals surface area contributed by atoms with Gasteiger partial charge in [0, 0.05) is 53.2 Å². The molecule has 2 rings (SSSR count). The van der Waals surface area contributed by atoms with E-state index in [-0.39, 0.29) is 12.0 Å². The Bertz CT molecular complexity index is 716. The Morgan fingerprint density at radius 1 is 1.15 bits per heavy atom. The van der Waals surface area contributed by atoms with Crippen molar-refractivity contribution in [1.82, 2.24) is 4.90 Å². The van der Waals surface area contributed by atoms with E-state index in [4.69, 9.17) is 4.74 Å². The standard InChI is InChI=1S/C20H30N2O4S/c1-15(23)22(16-7-9-17(10-8-16)27(6)25)20(5)11-13-21(14-12-20)18(24)26-19(2,3)4/h7-10H,11-14H2,1-6H3. The Morgan fingerprint density at radius 3 is 2.07 bits per heavy atom. The smallest absolute Gasteiger partial charge is 0.410 e. The molecule has 1 aliphatic rings. The summed E-state index contributed by atoms with van der Waals surface area (Å²) < 4.78 is 17.1. The van der Waals surface area contributed by atoms with E-state index in [0.717, 1.165) is 10.6 Å². The van der Waals surface area contributed by atoms with Crippen LogP contribution in [0.25, 0.3) is 0 Å². The molecule has 0 bridgehead atoms. The Morgan fingerprint density at radius 2 is 1.67 bits per heavy atom. The highest BCUT2D eigenvalue weighted by Gasteiger charge is 2.40. The van der Waals surface area contributed by atoms with Crippen molar-refractivity contribution in [3.63, 3.8) is 0 Å². The van der Waals surface area contributed by atoms with Gasteiger partial charge in [-0.3, -0.25) is 9.00 Å². The van der Waals surface area contributed by atoms with Gasteiger partial charge in [0.2, 0.25) is 5.91 Å². The van der Waals surface area contributed by atoms with Gasteiger partial charge in [-0.15, -0.1) is 0 Å². The van der Waals surface area contributed by atoms with Crippen molar-refractivity contribution >= 4 is 28.5 Å². The number of hydrogen-bond donors (Lipinski definition) is 0. The van der Waals surface area contributed by atoms with E-state index in [1.165, 1.54) is 0 Å². The lowest BCUT2D eigenvalue weighted by molar-refractivity contribution is -0.118. The van der Waals surface area contributed by atoms with Gasteiger partial charge in [0.05, 0.1) is 0 Å². The molecule has 0 spiro atoms. The molecule has 1 atom stereocenters. The number of piperidine rings is 1. The predicted octanol–water partition coefficient (Wildman–Crippen LogP) is 3.57. The van der Waals surface area contributed by atoms with Crippen molar-refractivity contribution in [2.75, 3.05) is 24.2 Å². The first kappa shape index (κ1) is 21.4. The Hall–Kier alpha value is -1.89. The van der Waals surface area contributed by atoms with Crippen molar-refractivity contribution in [3.8, 4) is 0 Å². The van der Waals surface area contributed by atoms with E-state index >= 15 is 0 Å². The number of rotatable bonds is 3. The monoisotopic (exact) mass is 394 g/mol. The zero-order chi connectivity index (χ0) is 20.4. The fourth-order valence-electron chi connectivity index (χ4n) is 3.38. The first-order chi connectivity index (χ1) is 12.4. The maximum absolute atomic E-state index is 12.4. The number of carbonyl (C=O) groups is 2. The average molecular weight is 395 g/mol. The Kier molecular flexibility index (Phi) is 6.35. The molecule has 6 nitrogen and oxygen atoms in total. The Labute approximate surface area is 164 Å². The maximum Gasteiger partial charge on any atom is 0.410 e. The highest BCUT2D eigenvalue weighted by atomic mass is 32.2. The first-order valence-corrected chi connectivity index (χ1v) is 10.7. The van der Waals surface area contributed by atoms with Crippen LogP contribution in [0.1, 0.15) is 47.5 Å². The van der Waals surface area contributed by atoms with E-state index in [0.29, 0.717) is 25.9 Å². The summed E-state index contributed by atoms with van der Waals surface area (Å²) in [7, 11) is -1.06. The van der Waals surface area contributed by atoms with E-state index in [2.05, 4.69) is 0 Å². The molecule has 0 N–H and O–H groups in total. The molecule has 0 saturated carbocycles. The molecule has 0 radical (unpaired) electrons. The molecule has 150 valence electrons. The summed E-state index contributed by atoms with van der Waals surface area (Å²) >= 11 is 0. The molecular formula is C20H30N2O4S. The molecule has 1 fully saturated rings. The summed E-state index contributed by atoms with van der Waals surface area (Å²) in [5.41, 5.74) is -0.133. The molecular weight excluding hydrogens is 364 g/mol. The third-order valence-corrected chi connectivity index (χ3v) is 5.71. The van der Waals surface area contributed by atoms with Gasteiger partial charge in [-0.1, -0.05) is 0 Å². The van der Waals surface area contributed by atoms with Gasteiger partial charge in [0.25, 0.3) is 0 Å². The van der Waals surface area contributed by atoms with Crippen LogP contribution in [0.4, 0.5) is 10.5 Å². The second-order valence-corrected chi connectivity index (χ2v) is 9.65. The topological polar surface area (TPSA) is 66.9 Å². The van der Waals surface area contributed by atoms with Crippen LogP contribution in [0.15, 0.2) is 29.2 Å². The number of amides is 2. The predicted molar refractivity (Wildman–Crippen MR) is 107 cm³/mol. The molecule has 27 heavy (non-hydrogen) atoms. The van der Waals surface area contributed by atoms with Crippen LogP contribution in [0.2, 0.25) is 0 Å². The zero-order valence-electron chi connectivity index (χ0n) is 17.1. The summed E-state index contributed by atoms with van der Waals surface area (Å²) in [6, 6.07) is 7.26. The zero-order valence-corrected chi connectivity index (χ0v) is 17.9. The van der Waals surface area contributed by atoms with Gasteiger partial charge in [-0.2, -0.15) is 0 Å². The molecule has 1 unspecified atom stereocenters. The van der Waals surface area contributed by atoms with Crippen molar-refractivity contribution < 1.29 is 18.5 Å². The van der Waals surface area contributed by atoms with E-state index < -0.39 is 21.9 Å². The number of carbonyl (C=O) groups excluding carboxylic acids is 2. The first-order valence-electron chi connectivity index (χ1n) is 9.15. The van der Waals surface area contributed by atoms with E-state index in [1.807, 2.05) is 39.8 Å². The quantitative estimate of drug-likeness (QED) is 0.786. The lowest BCUT2D eigenvalue weighted by atomic mass is 9.87. The second kappa shape index (κ2) is 8.00. The number of benzene rings is 1. The van der Waals surface area contributed by atoms with Gasteiger partial charge < -0.3 is 14.5 Å². The minimum absolute atomic E-state index is 0.0476. The van der Waals surface area contributed by atoms with Crippen LogP contribution in [-0.2, 0) is 20.3 Å². The summed E-state index contributed by atoms with van der Waals surface area (Å²) in [5, 5.41) is 0.